The molecule has 0 aliphatic heterocycles. The second kappa shape index (κ2) is 5.07. The zero-order valence-corrected chi connectivity index (χ0v) is 8.79. The lowest BCUT2D eigenvalue weighted by Crippen LogP contribution is -2.29. The number of rotatable bonds is 4. The van der Waals surface area contributed by atoms with Crippen molar-refractivity contribution < 1.29 is 4.74 Å². The molecule has 2 heteroatoms. The van der Waals surface area contributed by atoms with Crippen LogP contribution in [0.4, 0.5) is 0 Å². The Balaban J connectivity index is 2.26. The molecule has 1 aliphatic rings. The van der Waals surface area contributed by atoms with Crippen molar-refractivity contribution in [2.45, 2.75) is 25.8 Å². The van der Waals surface area contributed by atoms with Gasteiger partial charge in [-0.1, -0.05) is 6.08 Å². The first-order valence-corrected chi connectivity index (χ1v) is 4.86. The summed E-state index contributed by atoms with van der Waals surface area (Å²) in [5.41, 5.74) is 0. The number of hydrogen-bond acceptors (Lipinski definition) is 2. The molecule has 1 aliphatic carbocycles. The quantitative estimate of drug-likeness (QED) is 0.659. The summed E-state index contributed by atoms with van der Waals surface area (Å²) in [7, 11) is 4.14. The highest BCUT2D eigenvalue weighted by Crippen LogP contribution is 2.11. The molecule has 0 amide bonds. The SMILES string of the molecule is CC(COC1=CCCC=C1)N(C)C. The van der Waals surface area contributed by atoms with Crippen LogP contribution in [0.2, 0.25) is 0 Å². The molecule has 74 valence electrons. The fourth-order valence-electron chi connectivity index (χ4n) is 1.06. The van der Waals surface area contributed by atoms with E-state index in [0.29, 0.717) is 6.04 Å². The first-order valence-electron chi connectivity index (χ1n) is 4.86. The average Bonchev–Trinajstić information content (AvgIpc) is 2.15. The molecule has 13 heavy (non-hydrogen) atoms. The standard InChI is InChI=1S/C11H19NO/c1-10(12(2)3)9-13-11-7-5-4-6-8-11/h5,7-8,10H,4,6,9H2,1-3H3. The Kier molecular flexibility index (Phi) is 4.03. The van der Waals surface area contributed by atoms with Gasteiger partial charge in [-0.25, -0.2) is 0 Å². The lowest BCUT2D eigenvalue weighted by molar-refractivity contribution is 0.145. The summed E-state index contributed by atoms with van der Waals surface area (Å²) in [5.74, 6) is 1.03. The summed E-state index contributed by atoms with van der Waals surface area (Å²) in [5, 5.41) is 0. The van der Waals surface area contributed by atoms with Crippen LogP contribution in [0.15, 0.2) is 24.0 Å². The van der Waals surface area contributed by atoms with E-state index < -0.39 is 0 Å². The lowest BCUT2D eigenvalue weighted by Gasteiger charge is -2.20. The Labute approximate surface area is 80.9 Å². The van der Waals surface area contributed by atoms with Crippen molar-refractivity contribution in [2.75, 3.05) is 20.7 Å². The largest absolute Gasteiger partial charge is 0.492 e. The Morgan fingerprint density at radius 2 is 2.23 bits per heavy atom. The fourth-order valence-corrected chi connectivity index (χ4v) is 1.06. The van der Waals surface area contributed by atoms with E-state index >= 15 is 0 Å². The normalized spacial score (nSPS) is 18.6. The van der Waals surface area contributed by atoms with Gasteiger partial charge in [-0.2, -0.15) is 0 Å². The van der Waals surface area contributed by atoms with Gasteiger partial charge >= 0.3 is 0 Å². The molecule has 0 aromatic carbocycles. The summed E-state index contributed by atoms with van der Waals surface area (Å²) in [6, 6.07) is 0.469. The first-order chi connectivity index (χ1) is 6.20. The van der Waals surface area contributed by atoms with E-state index in [2.05, 4.69) is 44.1 Å². The number of likely N-dealkylation sites (N-methyl/N-ethyl adjacent to an activating group) is 1. The van der Waals surface area contributed by atoms with E-state index in [4.69, 9.17) is 4.74 Å². The molecule has 0 aromatic heterocycles. The number of hydrogen-bond donors (Lipinski definition) is 0. The maximum Gasteiger partial charge on any atom is 0.115 e. The molecule has 2 nitrogen and oxygen atoms in total. The van der Waals surface area contributed by atoms with E-state index in [1.54, 1.807) is 0 Å². The van der Waals surface area contributed by atoms with Crippen molar-refractivity contribution in [1.82, 2.24) is 4.90 Å². The highest BCUT2D eigenvalue weighted by atomic mass is 16.5. The predicted octanol–water partition coefficient (Wildman–Crippen LogP) is 2.19. The maximum absolute atomic E-state index is 5.64. The van der Waals surface area contributed by atoms with Crippen LogP contribution in [0.5, 0.6) is 0 Å². The van der Waals surface area contributed by atoms with Crippen molar-refractivity contribution in [3.05, 3.63) is 24.0 Å². The summed E-state index contributed by atoms with van der Waals surface area (Å²) in [6.07, 6.45) is 8.64. The minimum atomic E-state index is 0.469. The molecule has 0 N–H and O–H groups in total. The molecule has 0 heterocycles. The molecule has 0 aromatic rings. The van der Waals surface area contributed by atoms with Crippen LogP contribution in [-0.4, -0.2) is 31.6 Å². The van der Waals surface area contributed by atoms with E-state index in [-0.39, 0.29) is 0 Å². The number of allylic oxidation sites excluding steroid dienone is 3. The maximum atomic E-state index is 5.64. The summed E-state index contributed by atoms with van der Waals surface area (Å²) >= 11 is 0. The Morgan fingerprint density at radius 1 is 1.46 bits per heavy atom. The van der Waals surface area contributed by atoms with E-state index in [0.717, 1.165) is 25.2 Å². The molecule has 1 unspecified atom stereocenters. The molecule has 0 radical (unpaired) electrons. The Bertz CT molecular complexity index is 206. The third-order valence-electron chi connectivity index (χ3n) is 2.33. The van der Waals surface area contributed by atoms with Gasteiger partial charge in [0.25, 0.3) is 0 Å². The third kappa shape index (κ3) is 3.64. The second-order valence-corrected chi connectivity index (χ2v) is 3.71. The summed E-state index contributed by atoms with van der Waals surface area (Å²) in [6.45, 7) is 2.93. The van der Waals surface area contributed by atoms with Crippen LogP contribution in [0.25, 0.3) is 0 Å². The highest BCUT2D eigenvalue weighted by Gasteiger charge is 2.05. The molecule has 0 saturated carbocycles. The Hall–Kier alpha value is -0.760. The zero-order valence-electron chi connectivity index (χ0n) is 8.79. The smallest absolute Gasteiger partial charge is 0.115 e. The fraction of sp³-hybridized carbons (Fsp3) is 0.636. The zero-order chi connectivity index (χ0) is 9.68. The van der Waals surface area contributed by atoms with Gasteiger partial charge in [0.2, 0.25) is 0 Å². The molecule has 1 rings (SSSR count). The van der Waals surface area contributed by atoms with Crippen LogP contribution in [0.3, 0.4) is 0 Å². The third-order valence-corrected chi connectivity index (χ3v) is 2.33. The molecule has 1 atom stereocenters. The molecule has 0 spiro atoms. The Morgan fingerprint density at radius 3 is 2.77 bits per heavy atom. The van der Waals surface area contributed by atoms with Gasteiger partial charge in [-0.15, -0.1) is 0 Å². The van der Waals surface area contributed by atoms with Crippen molar-refractivity contribution in [1.29, 1.82) is 0 Å². The van der Waals surface area contributed by atoms with Gasteiger partial charge in [0.05, 0.1) is 0 Å². The van der Waals surface area contributed by atoms with E-state index in [1.807, 2.05) is 0 Å². The predicted molar refractivity (Wildman–Crippen MR) is 55.6 cm³/mol. The van der Waals surface area contributed by atoms with Gasteiger partial charge in [0.15, 0.2) is 0 Å². The molecule has 0 saturated heterocycles. The van der Waals surface area contributed by atoms with Crippen LogP contribution >= 0.6 is 0 Å². The molecule has 0 fully saturated rings. The minimum Gasteiger partial charge on any atom is -0.492 e. The topological polar surface area (TPSA) is 12.5 Å². The summed E-state index contributed by atoms with van der Waals surface area (Å²) in [4.78, 5) is 2.16. The minimum absolute atomic E-state index is 0.469. The monoisotopic (exact) mass is 181 g/mol. The van der Waals surface area contributed by atoms with Crippen LogP contribution in [-0.2, 0) is 4.74 Å². The molecular formula is C11H19NO. The van der Waals surface area contributed by atoms with Crippen molar-refractivity contribution in [3.63, 3.8) is 0 Å². The van der Waals surface area contributed by atoms with Crippen molar-refractivity contribution in [2.24, 2.45) is 0 Å². The number of nitrogens with zero attached hydrogens (tertiary/aromatic N) is 1. The highest BCUT2D eigenvalue weighted by molar-refractivity contribution is 5.15. The number of ether oxygens (including phenoxy) is 1. The van der Waals surface area contributed by atoms with Crippen molar-refractivity contribution in [3.8, 4) is 0 Å². The van der Waals surface area contributed by atoms with Gasteiger partial charge in [-0.3, -0.25) is 0 Å². The first kappa shape index (κ1) is 10.3. The average molecular weight is 181 g/mol. The molecular weight excluding hydrogens is 162 g/mol. The van der Waals surface area contributed by atoms with Gasteiger partial charge in [-0.05, 0) is 46.0 Å². The lowest BCUT2D eigenvalue weighted by atomic mass is 10.2. The van der Waals surface area contributed by atoms with Gasteiger partial charge in [0.1, 0.15) is 12.4 Å². The van der Waals surface area contributed by atoms with Crippen LogP contribution < -0.4 is 0 Å². The van der Waals surface area contributed by atoms with Gasteiger partial charge in [0, 0.05) is 6.04 Å². The van der Waals surface area contributed by atoms with Gasteiger partial charge < -0.3 is 9.64 Å². The van der Waals surface area contributed by atoms with E-state index in [1.165, 1.54) is 0 Å². The molecule has 0 bridgehead atoms. The summed E-state index contributed by atoms with van der Waals surface area (Å²) < 4.78 is 5.64. The second-order valence-electron chi connectivity index (χ2n) is 3.71. The van der Waals surface area contributed by atoms with E-state index in [9.17, 15) is 0 Å². The van der Waals surface area contributed by atoms with Crippen LogP contribution in [0, 0.1) is 0 Å². The van der Waals surface area contributed by atoms with Crippen molar-refractivity contribution >= 4 is 0 Å². The van der Waals surface area contributed by atoms with Crippen LogP contribution in [0.1, 0.15) is 19.8 Å².